The second-order valence-corrected chi connectivity index (χ2v) is 6.37. The van der Waals surface area contributed by atoms with Crippen LogP contribution in [0, 0.1) is 6.92 Å². The van der Waals surface area contributed by atoms with E-state index in [0.717, 1.165) is 23.3 Å². The van der Waals surface area contributed by atoms with Gasteiger partial charge in [-0.05, 0) is 48.9 Å². The number of amides is 1. The largest absolute Gasteiger partial charge is 0.573 e. The van der Waals surface area contributed by atoms with Crippen molar-refractivity contribution in [3.8, 4) is 5.75 Å². The Morgan fingerprint density at radius 2 is 1.69 bits per heavy atom. The van der Waals surface area contributed by atoms with Gasteiger partial charge in [-0.25, -0.2) is 0 Å². The average Bonchev–Trinajstić information content (AvgIpc) is 2.65. The fraction of sp³-hybridized carbons (Fsp3) is 0.143. The molecule has 5 nitrogen and oxygen atoms in total. The molecule has 0 saturated heterocycles. The first kappa shape index (κ1) is 20.2. The van der Waals surface area contributed by atoms with Crippen LogP contribution in [0.2, 0.25) is 0 Å². The van der Waals surface area contributed by atoms with Crippen LogP contribution in [0.25, 0.3) is 0 Å². The normalized spacial score (nSPS) is 11.2. The van der Waals surface area contributed by atoms with Crippen LogP contribution in [-0.2, 0) is 6.54 Å². The molecule has 1 N–H and O–H groups in total. The molecular weight excluding hydrogens is 385 g/mol. The molecule has 3 rings (SSSR count). The van der Waals surface area contributed by atoms with Crippen molar-refractivity contribution in [2.24, 2.45) is 0 Å². The smallest absolute Gasteiger partial charge is 0.406 e. The Labute approximate surface area is 164 Å². The van der Waals surface area contributed by atoms with Gasteiger partial charge in [-0.15, -0.1) is 13.2 Å². The summed E-state index contributed by atoms with van der Waals surface area (Å²) >= 11 is 0. The van der Waals surface area contributed by atoms with E-state index in [-0.39, 0.29) is 11.3 Å². The fourth-order valence-electron chi connectivity index (χ4n) is 2.66. The number of halogens is 3. The summed E-state index contributed by atoms with van der Waals surface area (Å²) in [7, 11) is 0. The van der Waals surface area contributed by atoms with Crippen LogP contribution in [0.15, 0.2) is 71.7 Å². The number of aromatic nitrogens is 1. The molecule has 0 aliphatic heterocycles. The van der Waals surface area contributed by atoms with E-state index in [0.29, 0.717) is 6.54 Å². The molecule has 0 fully saturated rings. The number of nitrogens with zero attached hydrogens (tertiary/aromatic N) is 1. The Bertz CT molecular complexity index is 1060. The Hall–Kier alpha value is -3.55. The second-order valence-electron chi connectivity index (χ2n) is 6.37. The standard InChI is InChI=1S/C21H17F3N2O3/c1-14-4-6-15(7-5-14)13-26-12-2-3-18(20(26)28)19(27)25-16-8-10-17(11-9-16)29-21(22,23)24/h2-12H,13H2,1H3,(H,25,27). The number of pyridine rings is 1. The van der Waals surface area contributed by atoms with E-state index in [1.165, 1.54) is 22.8 Å². The van der Waals surface area contributed by atoms with Gasteiger partial charge in [0.2, 0.25) is 0 Å². The second kappa shape index (κ2) is 8.22. The molecule has 2 aromatic carbocycles. The third kappa shape index (κ3) is 5.47. The Balaban J connectivity index is 1.74. The van der Waals surface area contributed by atoms with E-state index in [4.69, 9.17) is 0 Å². The van der Waals surface area contributed by atoms with Crippen molar-refractivity contribution in [3.63, 3.8) is 0 Å². The summed E-state index contributed by atoms with van der Waals surface area (Å²) in [5, 5.41) is 2.50. The zero-order valence-electron chi connectivity index (χ0n) is 15.4. The number of alkyl halides is 3. The maximum absolute atomic E-state index is 12.6. The van der Waals surface area contributed by atoms with Crippen LogP contribution < -0.4 is 15.6 Å². The third-order valence-corrected chi connectivity index (χ3v) is 4.08. The van der Waals surface area contributed by atoms with Gasteiger partial charge < -0.3 is 14.6 Å². The maximum atomic E-state index is 12.6. The zero-order valence-corrected chi connectivity index (χ0v) is 15.4. The van der Waals surface area contributed by atoms with Crippen LogP contribution in [0.1, 0.15) is 21.5 Å². The molecule has 1 heterocycles. The summed E-state index contributed by atoms with van der Waals surface area (Å²) < 4.78 is 41.8. The lowest BCUT2D eigenvalue weighted by Gasteiger charge is -2.11. The Kier molecular flexibility index (Phi) is 5.72. The predicted molar refractivity (Wildman–Crippen MR) is 102 cm³/mol. The maximum Gasteiger partial charge on any atom is 0.573 e. The van der Waals surface area contributed by atoms with Gasteiger partial charge in [0.25, 0.3) is 11.5 Å². The highest BCUT2D eigenvalue weighted by atomic mass is 19.4. The molecule has 0 unspecified atom stereocenters. The van der Waals surface area contributed by atoms with Crippen LogP contribution in [0.4, 0.5) is 18.9 Å². The van der Waals surface area contributed by atoms with E-state index in [9.17, 15) is 22.8 Å². The molecule has 0 atom stereocenters. The quantitative estimate of drug-likeness (QED) is 0.690. The summed E-state index contributed by atoms with van der Waals surface area (Å²) in [5.74, 6) is -1.06. The topological polar surface area (TPSA) is 60.3 Å². The van der Waals surface area contributed by atoms with E-state index < -0.39 is 23.6 Å². The molecule has 150 valence electrons. The van der Waals surface area contributed by atoms with Gasteiger partial charge >= 0.3 is 6.36 Å². The molecule has 0 saturated carbocycles. The first-order valence-electron chi connectivity index (χ1n) is 8.63. The predicted octanol–water partition coefficient (Wildman–Crippen LogP) is 4.36. The van der Waals surface area contributed by atoms with Gasteiger partial charge in [0.1, 0.15) is 11.3 Å². The van der Waals surface area contributed by atoms with Crippen molar-refractivity contribution in [1.29, 1.82) is 0 Å². The monoisotopic (exact) mass is 402 g/mol. The lowest BCUT2D eigenvalue weighted by molar-refractivity contribution is -0.274. The van der Waals surface area contributed by atoms with Crippen LogP contribution in [0.3, 0.4) is 0 Å². The summed E-state index contributed by atoms with van der Waals surface area (Å²) in [5.41, 5.74) is 1.70. The third-order valence-electron chi connectivity index (χ3n) is 4.08. The number of rotatable bonds is 5. The number of ether oxygens (including phenoxy) is 1. The Morgan fingerprint density at radius 1 is 1.03 bits per heavy atom. The van der Waals surface area contributed by atoms with E-state index >= 15 is 0 Å². The molecule has 0 radical (unpaired) electrons. The van der Waals surface area contributed by atoms with E-state index in [1.54, 1.807) is 12.3 Å². The SMILES string of the molecule is Cc1ccc(Cn2cccc(C(=O)Nc3ccc(OC(F)(F)F)cc3)c2=O)cc1. The van der Waals surface area contributed by atoms with Crippen molar-refractivity contribution >= 4 is 11.6 Å². The number of aryl methyl sites for hydroxylation is 1. The molecule has 1 aromatic heterocycles. The minimum Gasteiger partial charge on any atom is -0.406 e. The Morgan fingerprint density at radius 3 is 2.31 bits per heavy atom. The number of nitrogens with one attached hydrogen (secondary N) is 1. The minimum absolute atomic E-state index is 0.0739. The highest BCUT2D eigenvalue weighted by molar-refractivity contribution is 6.04. The number of benzene rings is 2. The summed E-state index contributed by atoms with van der Waals surface area (Å²) in [4.78, 5) is 25.1. The molecule has 0 aliphatic rings. The number of hydrogen-bond donors (Lipinski definition) is 1. The molecule has 0 spiro atoms. The molecule has 29 heavy (non-hydrogen) atoms. The molecular formula is C21H17F3N2O3. The summed E-state index contributed by atoms with van der Waals surface area (Å²) in [6, 6.07) is 15.3. The van der Waals surface area contributed by atoms with E-state index in [2.05, 4.69) is 10.1 Å². The van der Waals surface area contributed by atoms with Crippen molar-refractivity contribution in [2.45, 2.75) is 19.8 Å². The number of carbonyl (C=O) groups excluding carboxylic acids is 1. The lowest BCUT2D eigenvalue weighted by atomic mass is 10.1. The van der Waals surface area contributed by atoms with Crippen LogP contribution in [0.5, 0.6) is 5.75 Å². The highest BCUT2D eigenvalue weighted by Crippen LogP contribution is 2.24. The molecule has 0 aliphatic carbocycles. The van der Waals surface area contributed by atoms with Gasteiger partial charge in [-0.1, -0.05) is 29.8 Å². The molecule has 8 heteroatoms. The van der Waals surface area contributed by atoms with Crippen molar-refractivity contribution < 1.29 is 22.7 Å². The van der Waals surface area contributed by atoms with Crippen LogP contribution >= 0.6 is 0 Å². The van der Waals surface area contributed by atoms with Crippen molar-refractivity contribution in [1.82, 2.24) is 4.57 Å². The van der Waals surface area contributed by atoms with Gasteiger partial charge in [0.15, 0.2) is 0 Å². The molecule has 1 amide bonds. The van der Waals surface area contributed by atoms with Gasteiger partial charge in [-0.2, -0.15) is 0 Å². The minimum atomic E-state index is -4.79. The zero-order chi connectivity index (χ0) is 21.0. The average molecular weight is 402 g/mol. The summed E-state index contributed by atoms with van der Waals surface area (Å²) in [6.07, 6.45) is -3.21. The first-order valence-corrected chi connectivity index (χ1v) is 8.63. The van der Waals surface area contributed by atoms with E-state index in [1.807, 2.05) is 31.2 Å². The van der Waals surface area contributed by atoms with Gasteiger partial charge in [0.05, 0.1) is 6.54 Å². The molecule has 3 aromatic rings. The highest BCUT2D eigenvalue weighted by Gasteiger charge is 2.31. The fourth-order valence-corrected chi connectivity index (χ4v) is 2.66. The van der Waals surface area contributed by atoms with Crippen molar-refractivity contribution in [3.05, 3.63) is 93.9 Å². The number of anilines is 1. The first-order chi connectivity index (χ1) is 13.7. The summed E-state index contributed by atoms with van der Waals surface area (Å²) in [6.45, 7) is 2.27. The lowest BCUT2D eigenvalue weighted by Crippen LogP contribution is -2.29. The van der Waals surface area contributed by atoms with Crippen molar-refractivity contribution in [2.75, 3.05) is 5.32 Å². The number of hydrogen-bond acceptors (Lipinski definition) is 3. The molecule has 0 bridgehead atoms. The van der Waals surface area contributed by atoms with Gasteiger partial charge in [0, 0.05) is 11.9 Å². The van der Waals surface area contributed by atoms with Gasteiger partial charge in [-0.3, -0.25) is 9.59 Å². The van der Waals surface area contributed by atoms with Crippen LogP contribution in [-0.4, -0.2) is 16.8 Å². The number of carbonyl (C=O) groups is 1.